The SMILES string of the molecule is COCCNC(=O)COC(=O)CSc1ccccc1[N+](=O)[O-]. The monoisotopic (exact) mass is 328 g/mol. The molecular weight excluding hydrogens is 312 g/mol. The van der Waals surface area contributed by atoms with Crippen molar-refractivity contribution in [2.75, 3.05) is 32.6 Å². The molecule has 0 atom stereocenters. The van der Waals surface area contributed by atoms with Gasteiger partial charge in [-0.2, -0.15) is 0 Å². The molecule has 8 nitrogen and oxygen atoms in total. The van der Waals surface area contributed by atoms with Crippen LogP contribution < -0.4 is 5.32 Å². The lowest BCUT2D eigenvalue weighted by atomic mass is 10.3. The number of methoxy groups -OCH3 is 1. The first-order valence-electron chi connectivity index (χ1n) is 6.32. The number of rotatable bonds is 9. The van der Waals surface area contributed by atoms with E-state index in [4.69, 9.17) is 9.47 Å². The maximum absolute atomic E-state index is 11.5. The van der Waals surface area contributed by atoms with Gasteiger partial charge in [0.1, 0.15) is 0 Å². The average Bonchev–Trinajstić information content (AvgIpc) is 2.51. The number of esters is 1. The van der Waals surface area contributed by atoms with Gasteiger partial charge in [0.25, 0.3) is 11.6 Å². The number of carbonyl (C=O) groups excluding carboxylic acids is 2. The Morgan fingerprint density at radius 2 is 2.09 bits per heavy atom. The van der Waals surface area contributed by atoms with Gasteiger partial charge in [0.15, 0.2) is 6.61 Å². The lowest BCUT2D eigenvalue weighted by Gasteiger charge is -2.06. The van der Waals surface area contributed by atoms with Crippen molar-refractivity contribution in [3.8, 4) is 0 Å². The van der Waals surface area contributed by atoms with E-state index in [-0.39, 0.29) is 18.0 Å². The largest absolute Gasteiger partial charge is 0.455 e. The Morgan fingerprint density at radius 3 is 2.77 bits per heavy atom. The zero-order valence-electron chi connectivity index (χ0n) is 11.9. The molecule has 0 spiro atoms. The Balaban J connectivity index is 2.35. The Kier molecular flexibility index (Phi) is 7.94. The van der Waals surface area contributed by atoms with Crippen LogP contribution in [-0.2, 0) is 19.1 Å². The minimum absolute atomic E-state index is 0.0717. The van der Waals surface area contributed by atoms with Crippen molar-refractivity contribution >= 4 is 29.3 Å². The molecule has 0 bridgehead atoms. The van der Waals surface area contributed by atoms with Gasteiger partial charge < -0.3 is 14.8 Å². The smallest absolute Gasteiger partial charge is 0.316 e. The second-order valence-electron chi connectivity index (χ2n) is 4.02. The summed E-state index contributed by atoms with van der Waals surface area (Å²) in [7, 11) is 1.51. The molecule has 22 heavy (non-hydrogen) atoms. The third-order valence-electron chi connectivity index (χ3n) is 2.40. The Hall–Kier alpha value is -2.13. The van der Waals surface area contributed by atoms with Crippen LogP contribution in [0.1, 0.15) is 0 Å². The van der Waals surface area contributed by atoms with E-state index in [9.17, 15) is 19.7 Å². The van der Waals surface area contributed by atoms with Crippen molar-refractivity contribution < 1.29 is 24.0 Å². The number of nitrogens with one attached hydrogen (secondary N) is 1. The molecule has 0 radical (unpaired) electrons. The van der Waals surface area contributed by atoms with Crippen molar-refractivity contribution in [3.63, 3.8) is 0 Å². The molecular formula is C13H16N2O6S. The van der Waals surface area contributed by atoms with E-state index in [1.807, 2.05) is 0 Å². The molecule has 0 saturated heterocycles. The topological polar surface area (TPSA) is 108 Å². The highest BCUT2D eigenvalue weighted by Crippen LogP contribution is 2.28. The van der Waals surface area contributed by atoms with E-state index in [0.29, 0.717) is 18.0 Å². The normalized spacial score (nSPS) is 10.0. The highest BCUT2D eigenvalue weighted by Gasteiger charge is 2.15. The number of nitro groups is 1. The molecule has 0 saturated carbocycles. The summed E-state index contributed by atoms with van der Waals surface area (Å²) in [5.74, 6) is -1.16. The summed E-state index contributed by atoms with van der Waals surface area (Å²) in [6.45, 7) is 0.311. The maximum atomic E-state index is 11.5. The number of amides is 1. The van der Waals surface area contributed by atoms with E-state index in [1.165, 1.54) is 13.2 Å². The van der Waals surface area contributed by atoms with Gasteiger partial charge in [-0.25, -0.2) is 0 Å². The fraction of sp³-hybridized carbons (Fsp3) is 0.385. The van der Waals surface area contributed by atoms with Crippen LogP contribution in [0.25, 0.3) is 0 Å². The van der Waals surface area contributed by atoms with Gasteiger partial charge in [-0.1, -0.05) is 12.1 Å². The van der Waals surface area contributed by atoms with Gasteiger partial charge in [0.2, 0.25) is 0 Å². The van der Waals surface area contributed by atoms with Crippen LogP contribution in [-0.4, -0.2) is 49.4 Å². The van der Waals surface area contributed by atoms with Crippen LogP contribution in [0.2, 0.25) is 0 Å². The number of carbonyl (C=O) groups is 2. The van der Waals surface area contributed by atoms with Crippen LogP contribution in [0.15, 0.2) is 29.2 Å². The maximum Gasteiger partial charge on any atom is 0.316 e. The van der Waals surface area contributed by atoms with E-state index in [2.05, 4.69) is 5.32 Å². The van der Waals surface area contributed by atoms with E-state index < -0.39 is 16.8 Å². The lowest BCUT2D eigenvalue weighted by molar-refractivity contribution is -0.387. The number of nitro benzene ring substituents is 1. The minimum Gasteiger partial charge on any atom is -0.455 e. The fourth-order valence-electron chi connectivity index (χ4n) is 1.40. The lowest BCUT2D eigenvalue weighted by Crippen LogP contribution is -2.31. The molecule has 9 heteroatoms. The molecule has 0 unspecified atom stereocenters. The molecule has 1 amide bonds. The first-order chi connectivity index (χ1) is 10.5. The molecule has 1 aromatic rings. The number of ether oxygens (including phenoxy) is 2. The van der Waals surface area contributed by atoms with Gasteiger partial charge in [-0.05, 0) is 6.07 Å². The van der Waals surface area contributed by atoms with Gasteiger partial charge in [-0.15, -0.1) is 11.8 Å². The molecule has 0 fully saturated rings. The summed E-state index contributed by atoms with van der Waals surface area (Å²) in [6, 6.07) is 6.10. The Bertz CT molecular complexity index is 537. The first-order valence-corrected chi connectivity index (χ1v) is 7.30. The zero-order chi connectivity index (χ0) is 16.4. The van der Waals surface area contributed by atoms with Crippen molar-refractivity contribution in [2.24, 2.45) is 0 Å². The zero-order valence-corrected chi connectivity index (χ0v) is 12.8. The summed E-state index contributed by atoms with van der Waals surface area (Å²) >= 11 is 0.989. The second-order valence-corrected chi connectivity index (χ2v) is 5.03. The summed E-state index contributed by atoms with van der Waals surface area (Å²) < 4.78 is 9.53. The number of benzene rings is 1. The molecule has 1 N–H and O–H groups in total. The van der Waals surface area contributed by atoms with Gasteiger partial charge in [0.05, 0.1) is 22.2 Å². The van der Waals surface area contributed by atoms with Crippen LogP contribution in [0.4, 0.5) is 5.69 Å². The standard InChI is InChI=1S/C13H16N2O6S/c1-20-7-6-14-12(16)8-21-13(17)9-22-11-5-3-2-4-10(11)15(18)19/h2-5H,6-9H2,1H3,(H,14,16). The van der Waals surface area contributed by atoms with Crippen LogP contribution in [0.3, 0.4) is 0 Å². The molecule has 0 aliphatic rings. The third-order valence-corrected chi connectivity index (χ3v) is 3.44. The van der Waals surface area contributed by atoms with Crippen LogP contribution in [0.5, 0.6) is 0 Å². The number of nitrogens with zero attached hydrogens (tertiary/aromatic N) is 1. The Labute approximate surface area is 131 Å². The Morgan fingerprint density at radius 1 is 1.36 bits per heavy atom. The molecule has 120 valence electrons. The van der Waals surface area contributed by atoms with Crippen LogP contribution in [0, 0.1) is 10.1 Å². The van der Waals surface area contributed by atoms with Crippen molar-refractivity contribution in [1.29, 1.82) is 0 Å². The summed E-state index contributed by atoms with van der Waals surface area (Å²) in [5.41, 5.74) is -0.0717. The molecule has 0 aliphatic carbocycles. The molecule has 0 aliphatic heterocycles. The molecule has 0 heterocycles. The highest BCUT2D eigenvalue weighted by atomic mass is 32.2. The number of para-hydroxylation sites is 1. The average molecular weight is 328 g/mol. The number of thioether (sulfide) groups is 1. The molecule has 0 aromatic heterocycles. The van der Waals surface area contributed by atoms with Crippen molar-refractivity contribution in [1.82, 2.24) is 5.32 Å². The first kappa shape index (κ1) is 17.9. The fourth-order valence-corrected chi connectivity index (χ4v) is 2.22. The van der Waals surface area contributed by atoms with E-state index in [0.717, 1.165) is 11.8 Å². The highest BCUT2D eigenvalue weighted by molar-refractivity contribution is 8.00. The number of hydrogen-bond donors (Lipinski definition) is 1. The predicted octanol–water partition coefficient (Wildman–Crippen LogP) is 0.993. The van der Waals surface area contributed by atoms with Crippen molar-refractivity contribution in [3.05, 3.63) is 34.4 Å². The summed E-state index contributed by atoms with van der Waals surface area (Å²) in [4.78, 5) is 33.5. The predicted molar refractivity (Wildman–Crippen MR) is 79.7 cm³/mol. The van der Waals surface area contributed by atoms with Gasteiger partial charge in [-0.3, -0.25) is 19.7 Å². The van der Waals surface area contributed by atoms with Gasteiger partial charge >= 0.3 is 5.97 Å². The third kappa shape index (κ3) is 6.55. The van der Waals surface area contributed by atoms with Crippen molar-refractivity contribution in [2.45, 2.75) is 4.90 Å². The molecule has 1 aromatic carbocycles. The number of hydrogen-bond acceptors (Lipinski definition) is 7. The van der Waals surface area contributed by atoms with E-state index in [1.54, 1.807) is 18.2 Å². The minimum atomic E-state index is -0.620. The summed E-state index contributed by atoms with van der Waals surface area (Å²) in [5, 5.41) is 13.3. The van der Waals surface area contributed by atoms with Crippen LogP contribution >= 0.6 is 11.8 Å². The van der Waals surface area contributed by atoms with Gasteiger partial charge in [0, 0.05) is 19.7 Å². The molecule has 1 rings (SSSR count). The van der Waals surface area contributed by atoms with E-state index >= 15 is 0 Å². The summed E-state index contributed by atoms with van der Waals surface area (Å²) in [6.07, 6.45) is 0. The quantitative estimate of drug-likeness (QED) is 0.237. The second kappa shape index (κ2) is 9.74.